The molecule has 0 atom stereocenters. The fourth-order valence-electron chi connectivity index (χ4n) is 0.738. The van der Waals surface area contributed by atoms with E-state index in [1.807, 2.05) is 30.3 Å². The molecule has 1 aromatic rings. The van der Waals surface area contributed by atoms with Crippen LogP contribution in [0.15, 0.2) is 35.4 Å². The van der Waals surface area contributed by atoms with Gasteiger partial charge in [0, 0.05) is 12.6 Å². The van der Waals surface area contributed by atoms with Crippen LogP contribution in [0.5, 0.6) is 0 Å². The Kier molecular flexibility index (Phi) is 2.93. The van der Waals surface area contributed by atoms with Crippen molar-refractivity contribution < 1.29 is 0 Å². The van der Waals surface area contributed by atoms with E-state index in [0.717, 1.165) is 5.56 Å². The van der Waals surface area contributed by atoms with E-state index in [2.05, 4.69) is 10.5 Å². The van der Waals surface area contributed by atoms with Crippen molar-refractivity contribution in [3.63, 3.8) is 0 Å². The van der Waals surface area contributed by atoms with E-state index >= 15 is 0 Å². The van der Waals surface area contributed by atoms with Gasteiger partial charge in [0.05, 0.1) is 0 Å². The third-order valence-corrected chi connectivity index (χ3v) is 1.52. The lowest BCUT2D eigenvalue weighted by atomic mass is 10.2. The van der Waals surface area contributed by atoms with Gasteiger partial charge in [0.25, 0.3) is 0 Å². The predicted octanol–water partition coefficient (Wildman–Crippen LogP) is 1.81. The molecule has 0 aliphatic rings. The molecule has 0 heterocycles. The maximum atomic E-state index is 5.79. The van der Waals surface area contributed by atoms with Gasteiger partial charge in [-0.1, -0.05) is 41.9 Å². The summed E-state index contributed by atoms with van der Waals surface area (Å²) in [7, 11) is 1.71. The highest BCUT2D eigenvalue weighted by molar-refractivity contribution is 6.69. The summed E-state index contributed by atoms with van der Waals surface area (Å²) in [5, 5.41) is 4.31. The lowest BCUT2D eigenvalue weighted by Gasteiger charge is -1.95. The van der Waals surface area contributed by atoms with E-state index in [-0.39, 0.29) is 0 Å². The third-order valence-electron chi connectivity index (χ3n) is 1.22. The van der Waals surface area contributed by atoms with Crippen LogP contribution in [0.3, 0.4) is 0 Å². The van der Waals surface area contributed by atoms with Gasteiger partial charge in [0.15, 0.2) is 5.17 Å². The smallest absolute Gasteiger partial charge is 0.156 e. The fourth-order valence-corrected chi connectivity index (χ4v) is 0.949. The molecular weight excluding hydrogens is 160 g/mol. The molecular formula is C8H9ClN2. The second-order valence-electron chi connectivity index (χ2n) is 1.99. The highest BCUT2D eigenvalue weighted by atomic mass is 35.5. The minimum absolute atomic E-state index is 0.480. The lowest BCUT2D eigenvalue weighted by molar-refractivity contribution is 0.905. The van der Waals surface area contributed by atoms with Crippen molar-refractivity contribution >= 4 is 16.8 Å². The molecule has 0 aliphatic heterocycles. The number of hydrogen-bond donors (Lipinski definition) is 1. The van der Waals surface area contributed by atoms with Crippen molar-refractivity contribution in [1.29, 1.82) is 0 Å². The molecule has 1 N–H and O–H groups in total. The van der Waals surface area contributed by atoms with Gasteiger partial charge in [0.2, 0.25) is 0 Å². The zero-order chi connectivity index (χ0) is 8.10. The van der Waals surface area contributed by atoms with E-state index in [0.29, 0.717) is 5.17 Å². The first-order chi connectivity index (χ1) is 5.34. The predicted molar refractivity (Wildman–Crippen MR) is 47.9 cm³/mol. The maximum absolute atomic E-state index is 5.79. The van der Waals surface area contributed by atoms with Gasteiger partial charge >= 0.3 is 0 Å². The normalized spacial score (nSPS) is 11.3. The number of nitrogens with one attached hydrogen (secondary N) is 1. The average molecular weight is 169 g/mol. The highest BCUT2D eigenvalue weighted by Gasteiger charge is 1.95. The van der Waals surface area contributed by atoms with Gasteiger partial charge in [-0.15, -0.1) is 0 Å². The quantitative estimate of drug-likeness (QED) is 0.529. The van der Waals surface area contributed by atoms with Gasteiger partial charge in [-0.3, -0.25) is 0 Å². The van der Waals surface area contributed by atoms with Crippen LogP contribution in [0.25, 0.3) is 0 Å². The molecule has 0 fully saturated rings. The average Bonchev–Trinajstić information content (AvgIpc) is 2.07. The van der Waals surface area contributed by atoms with Gasteiger partial charge in [-0.2, -0.15) is 5.10 Å². The largest absolute Gasteiger partial charge is 0.312 e. The molecule has 0 unspecified atom stereocenters. The molecule has 0 amide bonds. The van der Waals surface area contributed by atoms with E-state index in [1.54, 1.807) is 7.05 Å². The third kappa shape index (κ3) is 2.24. The van der Waals surface area contributed by atoms with E-state index in [4.69, 9.17) is 11.6 Å². The van der Waals surface area contributed by atoms with Gasteiger partial charge in [-0.05, 0) is 0 Å². The molecule has 0 bridgehead atoms. The molecule has 0 spiro atoms. The molecule has 1 rings (SSSR count). The van der Waals surface area contributed by atoms with Crippen LogP contribution in [0.2, 0.25) is 0 Å². The summed E-state index contributed by atoms with van der Waals surface area (Å²) in [4.78, 5) is 0. The second kappa shape index (κ2) is 3.98. The Balaban J connectivity index is 2.85. The standard InChI is InChI=1S/C8H9ClN2/c1-10-11-8(9)7-5-3-2-4-6-7/h2-6,10H,1H3/b11-8-. The molecule has 2 nitrogen and oxygen atoms in total. The summed E-state index contributed by atoms with van der Waals surface area (Å²) in [6, 6.07) is 9.59. The Labute approximate surface area is 70.9 Å². The Morgan fingerprint density at radius 3 is 2.55 bits per heavy atom. The number of rotatable bonds is 2. The number of hydrogen-bond acceptors (Lipinski definition) is 2. The molecule has 0 saturated heterocycles. The molecule has 3 heteroatoms. The zero-order valence-electron chi connectivity index (χ0n) is 6.21. The summed E-state index contributed by atoms with van der Waals surface area (Å²) < 4.78 is 0. The molecule has 0 radical (unpaired) electrons. The number of halogens is 1. The summed E-state index contributed by atoms with van der Waals surface area (Å²) in [6.45, 7) is 0. The summed E-state index contributed by atoms with van der Waals surface area (Å²) >= 11 is 5.79. The number of benzene rings is 1. The van der Waals surface area contributed by atoms with Crippen LogP contribution < -0.4 is 5.43 Å². The fraction of sp³-hybridized carbons (Fsp3) is 0.125. The first-order valence-electron chi connectivity index (χ1n) is 3.30. The Morgan fingerprint density at radius 2 is 2.00 bits per heavy atom. The van der Waals surface area contributed by atoms with Crippen molar-refractivity contribution in [1.82, 2.24) is 5.43 Å². The van der Waals surface area contributed by atoms with Crippen molar-refractivity contribution in [3.05, 3.63) is 35.9 Å². The molecule has 1 aromatic carbocycles. The van der Waals surface area contributed by atoms with Crippen LogP contribution in [0.1, 0.15) is 5.56 Å². The second-order valence-corrected chi connectivity index (χ2v) is 2.35. The van der Waals surface area contributed by atoms with Gasteiger partial charge < -0.3 is 5.43 Å². The Morgan fingerprint density at radius 1 is 1.36 bits per heavy atom. The Hall–Kier alpha value is -1.02. The minimum atomic E-state index is 0.480. The van der Waals surface area contributed by atoms with Crippen LogP contribution in [-0.4, -0.2) is 12.2 Å². The molecule has 0 aliphatic carbocycles. The van der Waals surface area contributed by atoms with E-state index in [1.165, 1.54) is 0 Å². The van der Waals surface area contributed by atoms with Gasteiger partial charge in [0.1, 0.15) is 0 Å². The molecule has 0 aromatic heterocycles. The first-order valence-corrected chi connectivity index (χ1v) is 3.67. The lowest BCUT2D eigenvalue weighted by Crippen LogP contribution is -2.00. The van der Waals surface area contributed by atoms with Crippen LogP contribution in [0.4, 0.5) is 0 Å². The summed E-state index contributed by atoms with van der Waals surface area (Å²) in [5.74, 6) is 0. The van der Waals surface area contributed by atoms with Crippen LogP contribution in [0, 0.1) is 0 Å². The van der Waals surface area contributed by atoms with Crippen molar-refractivity contribution in [2.75, 3.05) is 7.05 Å². The molecule has 58 valence electrons. The maximum Gasteiger partial charge on any atom is 0.156 e. The minimum Gasteiger partial charge on any atom is -0.312 e. The monoisotopic (exact) mass is 168 g/mol. The van der Waals surface area contributed by atoms with Crippen molar-refractivity contribution in [2.24, 2.45) is 5.10 Å². The molecule has 11 heavy (non-hydrogen) atoms. The zero-order valence-corrected chi connectivity index (χ0v) is 6.97. The SMILES string of the molecule is CN/N=C(\Cl)c1ccccc1. The van der Waals surface area contributed by atoms with Crippen LogP contribution in [-0.2, 0) is 0 Å². The van der Waals surface area contributed by atoms with Crippen molar-refractivity contribution in [3.8, 4) is 0 Å². The first kappa shape index (κ1) is 8.08. The van der Waals surface area contributed by atoms with E-state index in [9.17, 15) is 0 Å². The molecule has 0 saturated carbocycles. The number of hydrazone groups is 1. The van der Waals surface area contributed by atoms with Gasteiger partial charge in [-0.25, -0.2) is 0 Å². The summed E-state index contributed by atoms with van der Waals surface area (Å²) in [6.07, 6.45) is 0. The van der Waals surface area contributed by atoms with Crippen molar-refractivity contribution in [2.45, 2.75) is 0 Å². The Bertz CT molecular complexity index is 244. The summed E-state index contributed by atoms with van der Waals surface area (Å²) in [5.41, 5.74) is 3.54. The topological polar surface area (TPSA) is 24.4 Å². The number of nitrogens with zero attached hydrogens (tertiary/aromatic N) is 1. The van der Waals surface area contributed by atoms with Crippen LogP contribution >= 0.6 is 11.6 Å². The highest BCUT2D eigenvalue weighted by Crippen LogP contribution is 2.03. The van der Waals surface area contributed by atoms with E-state index < -0.39 is 0 Å².